The van der Waals surface area contributed by atoms with Gasteiger partial charge in [0.1, 0.15) is 0 Å². The minimum Gasteiger partial charge on any atom is -0.208 e. The van der Waals surface area contributed by atoms with E-state index in [1.165, 1.54) is 0 Å². The molecule has 4 heterocycles. The summed E-state index contributed by atoms with van der Waals surface area (Å²) in [5.41, 5.74) is 35.5. The van der Waals surface area contributed by atoms with Gasteiger partial charge < -0.3 is 0 Å². The van der Waals surface area contributed by atoms with Crippen LogP contribution in [-0.2, 0) is 0 Å². The fourth-order valence-corrected chi connectivity index (χ4v) is 19.0. The zero-order chi connectivity index (χ0) is 100. The summed E-state index contributed by atoms with van der Waals surface area (Å²) in [5, 5.41) is 0. The molecule has 0 aliphatic carbocycles. The normalized spacial score (nSPS) is 11.1. The quantitative estimate of drug-likeness (QED) is 0.0598. The van der Waals surface area contributed by atoms with E-state index in [0.29, 0.717) is 69.9 Å². The molecule has 150 heavy (non-hydrogen) atoms. The van der Waals surface area contributed by atoms with Gasteiger partial charge in [-0.3, -0.25) is 0 Å². The largest absolute Gasteiger partial charge is 0.208 e. The first-order valence-electron chi connectivity index (χ1n) is 50.1. The summed E-state index contributed by atoms with van der Waals surface area (Å²) in [7, 11) is 0. The van der Waals surface area contributed by atoms with E-state index in [0.717, 1.165) is 189 Å². The maximum atomic E-state index is 5.19. The zero-order valence-corrected chi connectivity index (χ0v) is 81.5. The van der Waals surface area contributed by atoms with Gasteiger partial charge in [-0.25, -0.2) is 59.8 Å². The summed E-state index contributed by atoms with van der Waals surface area (Å²) in [6, 6.07) is 193. The summed E-state index contributed by atoms with van der Waals surface area (Å²) in [5.74, 6) is 7.49. The van der Waals surface area contributed by atoms with Crippen molar-refractivity contribution in [2.24, 2.45) is 0 Å². The lowest BCUT2D eigenvalue weighted by Crippen LogP contribution is -2.00. The Kier molecular flexibility index (Phi) is 26.2. The molecule has 25 aromatic rings. The summed E-state index contributed by atoms with van der Waals surface area (Å²) < 4.78 is 0. The van der Waals surface area contributed by atoms with Gasteiger partial charge in [0.05, 0.1) is 0 Å². The van der Waals surface area contributed by atoms with Crippen molar-refractivity contribution in [1.29, 1.82) is 0 Å². The molecule has 0 N–H and O–H groups in total. The van der Waals surface area contributed by atoms with E-state index in [-0.39, 0.29) is 0 Å². The van der Waals surface area contributed by atoms with E-state index >= 15 is 0 Å². The molecule has 12 heteroatoms. The second-order valence-corrected chi connectivity index (χ2v) is 36.7. The van der Waals surface area contributed by atoms with Gasteiger partial charge in [-0.05, 0) is 195 Å². The lowest BCUT2D eigenvalue weighted by atomic mass is 9.94. The number of rotatable bonds is 23. The molecule has 4 aromatic heterocycles. The topological polar surface area (TPSA) is 155 Å². The van der Waals surface area contributed by atoms with E-state index in [1.54, 1.807) is 0 Å². The highest BCUT2D eigenvalue weighted by atomic mass is 15.1. The number of nitrogens with zero attached hydrogens (tertiary/aromatic N) is 12. The van der Waals surface area contributed by atoms with E-state index in [2.05, 4.69) is 388 Å². The lowest BCUT2D eigenvalue weighted by molar-refractivity contribution is 1.07. The number of hydrogen-bond donors (Lipinski definition) is 0. The van der Waals surface area contributed by atoms with Crippen molar-refractivity contribution in [2.45, 2.75) is 0 Å². The number of benzene rings is 21. The molecule has 0 aliphatic rings. The number of aromatic nitrogens is 12. The molecule has 0 aliphatic heterocycles. The van der Waals surface area contributed by atoms with Crippen LogP contribution in [0.25, 0.3) is 259 Å². The van der Waals surface area contributed by atoms with Crippen LogP contribution in [0.5, 0.6) is 0 Å². The van der Waals surface area contributed by atoms with Crippen molar-refractivity contribution < 1.29 is 0 Å². The molecule has 0 unspecified atom stereocenters. The highest BCUT2D eigenvalue weighted by Crippen LogP contribution is 2.42. The zero-order valence-electron chi connectivity index (χ0n) is 81.5. The van der Waals surface area contributed by atoms with Crippen molar-refractivity contribution >= 4 is 0 Å². The molecule has 0 radical (unpaired) electrons. The van der Waals surface area contributed by atoms with Crippen LogP contribution in [0.2, 0.25) is 0 Å². The van der Waals surface area contributed by atoms with Gasteiger partial charge in [-0.15, -0.1) is 0 Å². The maximum absolute atomic E-state index is 5.19. The molecule has 0 saturated heterocycles. The standard InChI is InChI=1S/C72H48N6.C66H44N6/c1-5-20-49(21-6-1)53-28-16-38-63(45-53)70-76-71(64-39-17-29-54(46-64)50-22-7-2-8-23-50)78-72(77-70)66-41-19-37-62(48-66)60-35-15-33-58(44-60)56-31-13-30-55(42-56)57-32-14-34-59(43-57)61-36-18-40-65(47-61)69-74-67(51-24-9-3-10-25-51)73-68(75-69)52-26-11-4-12-27-52;1-5-18-45(19-6-1)46-36-38-50(39-37-46)64-68-63(49-24-11-4-12-25-49)71-66(72-64)60-35-17-33-58(44-60)56-31-15-29-54(42-56)52-27-13-26-51(40-52)53-28-14-30-55(41-53)57-32-16-34-59(43-57)65-69-61(47-20-7-2-8-21-47)67-62(70-65)48-22-9-3-10-23-48/h1-48H;1-44H. The van der Waals surface area contributed by atoms with E-state index in [1.807, 2.05) is 170 Å². The van der Waals surface area contributed by atoms with Gasteiger partial charge in [0.25, 0.3) is 0 Å². The Bertz CT molecular complexity index is 8950. The predicted molar refractivity (Wildman–Crippen MR) is 611 cm³/mol. The lowest BCUT2D eigenvalue weighted by Gasteiger charge is -2.12. The highest BCUT2D eigenvalue weighted by molar-refractivity contribution is 5.87. The Morgan fingerprint density at radius 1 is 0.0600 bits per heavy atom. The van der Waals surface area contributed by atoms with E-state index < -0.39 is 0 Å². The average molecular weight is 1920 g/mol. The van der Waals surface area contributed by atoms with Crippen molar-refractivity contribution in [2.75, 3.05) is 0 Å². The van der Waals surface area contributed by atoms with Gasteiger partial charge in [0, 0.05) is 66.8 Å². The van der Waals surface area contributed by atoms with Crippen LogP contribution < -0.4 is 0 Å². The predicted octanol–water partition coefficient (Wildman–Crippen LogP) is 34.5. The molecule has 0 fully saturated rings. The maximum Gasteiger partial charge on any atom is 0.164 e. The molecular formula is C138H92N12. The van der Waals surface area contributed by atoms with Crippen molar-refractivity contribution in [3.8, 4) is 259 Å². The molecule has 0 amide bonds. The summed E-state index contributed by atoms with van der Waals surface area (Å²) in [6.45, 7) is 0. The average Bonchev–Trinajstić information content (AvgIpc) is 0.765. The first-order valence-corrected chi connectivity index (χ1v) is 50.1. The fourth-order valence-electron chi connectivity index (χ4n) is 19.0. The molecule has 0 atom stereocenters. The molecule has 704 valence electrons. The SMILES string of the molecule is c1ccc(-c2ccc(-c3nc(-c4ccccc4)nc(-c4cccc(-c5cccc(-c6cccc(-c7cccc(-c8cccc(-c9nc(-c%10ccccc%10)nc(-c%10ccccc%10)n9)c8)c7)c6)c5)c4)n3)cc2)cc1.c1ccc(-c2cccc(-c3nc(-c4cccc(-c5ccccc5)c4)nc(-c4cccc(-c5cccc(-c6cccc(-c7cccc(-c8cccc(-c9nc(-c%10ccccc%10)nc(-c%10ccccc%10)n9)c8)c7)c6)c5)c4)n3)c2)cc1. The summed E-state index contributed by atoms with van der Waals surface area (Å²) in [6.07, 6.45) is 0. The smallest absolute Gasteiger partial charge is 0.164 e. The van der Waals surface area contributed by atoms with Crippen molar-refractivity contribution in [1.82, 2.24) is 59.8 Å². The molecule has 0 saturated carbocycles. The van der Waals surface area contributed by atoms with Gasteiger partial charge in [0.15, 0.2) is 69.9 Å². The van der Waals surface area contributed by atoms with E-state index in [4.69, 9.17) is 59.8 Å². The van der Waals surface area contributed by atoms with Gasteiger partial charge in [0.2, 0.25) is 0 Å². The molecule has 12 nitrogen and oxygen atoms in total. The Morgan fingerprint density at radius 2 is 0.140 bits per heavy atom. The van der Waals surface area contributed by atoms with Crippen LogP contribution in [0.4, 0.5) is 0 Å². The van der Waals surface area contributed by atoms with Crippen LogP contribution >= 0.6 is 0 Å². The molecule has 21 aromatic carbocycles. The Hall–Kier alpha value is -20.3. The number of hydrogen-bond acceptors (Lipinski definition) is 12. The monoisotopic (exact) mass is 1920 g/mol. The van der Waals surface area contributed by atoms with Crippen LogP contribution in [0, 0.1) is 0 Å². The third kappa shape index (κ3) is 20.8. The first kappa shape index (κ1) is 92.1. The highest BCUT2D eigenvalue weighted by Gasteiger charge is 2.22. The van der Waals surface area contributed by atoms with Crippen LogP contribution in [0.1, 0.15) is 0 Å². The Morgan fingerprint density at radius 3 is 0.287 bits per heavy atom. The fraction of sp³-hybridized carbons (Fsp3) is 0. The summed E-state index contributed by atoms with van der Waals surface area (Å²) in [4.78, 5) is 60.4. The third-order valence-corrected chi connectivity index (χ3v) is 26.7. The van der Waals surface area contributed by atoms with Crippen LogP contribution in [0.15, 0.2) is 558 Å². The molecular weight excluding hydrogens is 1830 g/mol. The van der Waals surface area contributed by atoms with Gasteiger partial charge in [-0.2, -0.15) is 0 Å². The second-order valence-electron chi connectivity index (χ2n) is 36.7. The summed E-state index contributed by atoms with van der Waals surface area (Å²) >= 11 is 0. The molecule has 0 bridgehead atoms. The minimum atomic E-state index is 0.602. The van der Waals surface area contributed by atoms with Gasteiger partial charge >= 0.3 is 0 Å². The van der Waals surface area contributed by atoms with Crippen LogP contribution in [-0.4, -0.2) is 59.8 Å². The Balaban J connectivity index is 0.000000160. The first-order chi connectivity index (χ1) is 74.2. The van der Waals surface area contributed by atoms with Gasteiger partial charge in [-0.1, -0.05) is 485 Å². The van der Waals surface area contributed by atoms with Crippen molar-refractivity contribution in [3.05, 3.63) is 558 Å². The third-order valence-electron chi connectivity index (χ3n) is 26.7. The Labute approximate surface area is 870 Å². The van der Waals surface area contributed by atoms with Crippen molar-refractivity contribution in [3.63, 3.8) is 0 Å². The molecule has 25 rings (SSSR count). The minimum absolute atomic E-state index is 0.602. The van der Waals surface area contributed by atoms with Crippen LogP contribution in [0.3, 0.4) is 0 Å². The van der Waals surface area contributed by atoms with E-state index in [9.17, 15) is 0 Å². The second kappa shape index (κ2) is 42.7. The molecule has 0 spiro atoms.